The predicted octanol–water partition coefficient (Wildman–Crippen LogP) is 5.65. The van der Waals surface area contributed by atoms with Gasteiger partial charge in [0.2, 0.25) is 5.91 Å². The Morgan fingerprint density at radius 2 is 1.57 bits per heavy atom. The lowest BCUT2D eigenvalue weighted by Crippen LogP contribution is -2.42. The van der Waals surface area contributed by atoms with Crippen LogP contribution >= 0.6 is 15.9 Å². The van der Waals surface area contributed by atoms with E-state index in [1.807, 2.05) is 36.4 Å². The molecule has 0 heterocycles. The van der Waals surface area contributed by atoms with E-state index < -0.39 is 24.0 Å². The Kier molecular flexibility index (Phi) is 7.21. The van der Waals surface area contributed by atoms with E-state index in [-0.39, 0.29) is 24.0 Å². The number of benzene rings is 3. The number of anilines is 1. The first-order chi connectivity index (χ1) is 16.8. The molecular weight excluding hydrogens is 512 g/mol. The second kappa shape index (κ2) is 10.3. The zero-order chi connectivity index (χ0) is 25.1. The lowest BCUT2D eigenvalue weighted by Gasteiger charge is -2.21. The number of hydrogen-bond donors (Lipinski definition) is 3. The Hall–Kier alpha value is -3.65. The Bertz CT molecular complexity index is 1250. The number of hydrogen-bond acceptors (Lipinski definition) is 4. The van der Waals surface area contributed by atoms with Gasteiger partial charge in [0.15, 0.2) is 0 Å². The summed E-state index contributed by atoms with van der Waals surface area (Å²) in [6.07, 6.45) is -0.601. The number of carbonyl (C=O) groups is 3. The van der Waals surface area contributed by atoms with Crippen molar-refractivity contribution < 1.29 is 24.2 Å². The fourth-order valence-corrected chi connectivity index (χ4v) is 4.62. The summed E-state index contributed by atoms with van der Waals surface area (Å²) < 4.78 is 5.98. The maximum Gasteiger partial charge on any atom is 0.407 e. The van der Waals surface area contributed by atoms with Gasteiger partial charge in [-0.05, 0) is 63.3 Å². The summed E-state index contributed by atoms with van der Waals surface area (Å²) in [5.41, 5.74) is 4.94. The zero-order valence-electron chi connectivity index (χ0n) is 19.2. The number of carboxylic acid groups (broad SMARTS) is 1. The van der Waals surface area contributed by atoms with Crippen LogP contribution in [0.3, 0.4) is 0 Å². The first-order valence-corrected chi connectivity index (χ1v) is 12.0. The minimum absolute atomic E-state index is 0.0419. The van der Waals surface area contributed by atoms with Crippen LogP contribution in [0.2, 0.25) is 0 Å². The van der Waals surface area contributed by atoms with Crippen LogP contribution < -0.4 is 10.6 Å². The molecule has 1 aliphatic rings. The molecule has 0 radical (unpaired) electrons. The van der Waals surface area contributed by atoms with Crippen molar-refractivity contribution >= 4 is 39.6 Å². The van der Waals surface area contributed by atoms with Gasteiger partial charge in [-0.15, -0.1) is 0 Å². The fourth-order valence-electron chi connectivity index (χ4n) is 4.20. The summed E-state index contributed by atoms with van der Waals surface area (Å²) in [4.78, 5) is 36.5. The van der Waals surface area contributed by atoms with E-state index in [1.54, 1.807) is 26.0 Å². The van der Waals surface area contributed by atoms with Crippen LogP contribution in [0.5, 0.6) is 0 Å². The summed E-state index contributed by atoms with van der Waals surface area (Å²) in [7, 11) is 0. The van der Waals surface area contributed by atoms with Crippen molar-refractivity contribution in [2.45, 2.75) is 25.8 Å². The van der Waals surface area contributed by atoms with Crippen molar-refractivity contribution in [3.63, 3.8) is 0 Å². The quantitative estimate of drug-likeness (QED) is 0.362. The van der Waals surface area contributed by atoms with Crippen LogP contribution in [-0.2, 0) is 9.53 Å². The lowest BCUT2D eigenvalue weighted by atomic mass is 9.98. The molecule has 0 bridgehead atoms. The van der Waals surface area contributed by atoms with Gasteiger partial charge in [0.05, 0.1) is 11.5 Å². The first kappa shape index (κ1) is 24.5. The van der Waals surface area contributed by atoms with Gasteiger partial charge < -0.3 is 20.5 Å². The van der Waals surface area contributed by atoms with Gasteiger partial charge >= 0.3 is 12.1 Å². The highest BCUT2D eigenvalue weighted by atomic mass is 79.9. The van der Waals surface area contributed by atoms with Crippen LogP contribution in [0.4, 0.5) is 10.5 Å². The molecule has 8 heteroatoms. The molecule has 2 atom stereocenters. The van der Waals surface area contributed by atoms with E-state index in [4.69, 9.17) is 4.74 Å². The topological polar surface area (TPSA) is 105 Å². The minimum atomic E-state index is -1.11. The SMILES string of the molecule is CC(NC(=O)OCC1c2ccccc2-c2ccccc21)C(C)C(=O)Nc1ccc(Br)c(C(=O)O)c1. The van der Waals surface area contributed by atoms with Crippen LogP contribution in [0, 0.1) is 5.92 Å². The average Bonchev–Trinajstić information content (AvgIpc) is 3.17. The summed E-state index contributed by atoms with van der Waals surface area (Å²) in [6.45, 7) is 3.58. The third-order valence-corrected chi connectivity index (χ3v) is 7.01. The third kappa shape index (κ3) is 5.22. The molecule has 0 fully saturated rings. The monoisotopic (exact) mass is 536 g/mol. The average molecular weight is 537 g/mol. The first-order valence-electron chi connectivity index (χ1n) is 11.2. The number of ether oxygens (including phenoxy) is 1. The largest absolute Gasteiger partial charge is 0.478 e. The number of fused-ring (bicyclic) bond motifs is 3. The second-order valence-corrected chi connectivity index (χ2v) is 9.39. The number of alkyl carbamates (subject to hydrolysis) is 1. The number of amides is 2. The molecule has 7 nitrogen and oxygen atoms in total. The lowest BCUT2D eigenvalue weighted by molar-refractivity contribution is -0.120. The van der Waals surface area contributed by atoms with E-state index in [1.165, 1.54) is 6.07 Å². The van der Waals surface area contributed by atoms with E-state index in [2.05, 4.69) is 38.7 Å². The molecule has 0 aliphatic heterocycles. The normalized spacial score (nSPS) is 13.8. The molecule has 3 aromatic rings. The van der Waals surface area contributed by atoms with Crippen molar-refractivity contribution in [3.05, 3.63) is 87.9 Å². The summed E-state index contributed by atoms with van der Waals surface area (Å²) >= 11 is 3.18. The molecule has 2 amide bonds. The number of halogens is 1. The smallest absolute Gasteiger partial charge is 0.407 e. The number of rotatable bonds is 7. The molecule has 1 aliphatic carbocycles. The fraction of sp³-hybridized carbons (Fsp3) is 0.222. The van der Waals surface area contributed by atoms with Gasteiger partial charge in [0.25, 0.3) is 0 Å². The van der Waals surface area contributed by atoms with Crippen molar-refractivity contribution in [2.24, 2.45) is 5.92 Å². The van der Waals surface area contributed by atoms with Crippen molar-refractivity contribution in [3.8, 4) is 11.1 Å². The van der Waals surface area contributed by atoms with Gasteiger partial charge in [-0.25, -0.2) is 9.59 Å². The predicted molar refractivity (Wildman–Crippen MR) is 137 cm³/mol. The summed E-state index contributed by atoms with van der Waals surface area (Å²) in [6, 6.07) is 20.2. The highest BCUT2D eigenvalue weighted by molar-refractivity contribution is 9.10. The maximum atomic E-state index is 12.7. The highest BCUT2D eigenvalue weighted by Gasteiger charge is 2.29. The Balaban J connectivity index is 1.34. The molecule has 0 saturated carbocycles. The number of carboxylic acids is 1. The van der Waals surface area contributed by atoms with E-state index in [0.717, 1.165) is 22.3 Å². The van der Waals surface area contributed by atoms with Crippen molar-refractivity contribution in [1.82, 2.24) is 5.32 Å². The molecule has 0 aromatic heterocycles. The standard InChI is InChI=1S/C27H25BrN2O5/c1-15(25(31)30-17-11-12-24(28)22(13-17)26(32)33)16(2)29-27(34)35-14-23-20-9-5-3-7-18(20)19-8-4-6-10-21(19)23/h3-13,15-16,23H,14H2,1-2H3,(H,29,34)(H,30,31)(H,32,33). The molecule has 180 valence electrons. The Labute approximate surface area is 211 Å². The molecule has 2 unspecified atom stereocenters. The van der Waals surface area contributed by atoms with Crippen LogP contribution in [0.15, 0.2) is 71.2 Å². The zero-order valence-corrected chi connectivity index (χ0v) is 20.8. The van der Waals surface area contributed by atoms with Crippen molar-refractivity contribution in [2.75, 3.05) is 11.9 Å². The van der Waals surface area contributed by atoms with E-state index in [0.29, 0.717) is 10.2 Å². The molecule has 35 heavy (non-hydrogen) atoms. The second-order valence-electron chi connectivity index (χ2n) is 8.54. The van der Waals surface area contributed by atoms with Crippen LogP contribution in [-0.4, -0.2) is 35.7 Å². The molecule has 3 aromatic carbocycles. The van der Waals surface area contributed by atoms with Gasteiger partial charge in [-0.1, -0.05) is 55.5 Å². The van der Waals surface area contributed by atoms with Crippen LogP contribution in [0.25, 0.3) is 11.1 Å². The minimum Gasteiger partial charge on any atom is -0.478 e. The number of aromatic carboxylic acids is 1. The van der Waals surface area contributed by atoms with Gasteiger partial charge in [0, 0.05) is 22.1 Å². The molecule has 0 saturated heterocycles. The van der Waals surface area contributed by atoms with Crippen LogP contribution in [0.1, 0.15) is 41.3 Å². The molecule has 4 rings (SSSR count). The van der Waals surface area contributed by atoms with E-state index >= 15 is 0 Å². The van der Waals surface area contributed by atoms with E-state index in [9.17, 15) is 19.5 Å². The third-order valence-electron chi connectivity index (χ3n) is 6.32. The molecule has 0 spiro atoms. The number of nitrogens with one attached hydrogen (secondary N) is 2. The maximum absolute atomic E-state index is 12.7. The Morgan fingerprint density at radius 1 is 0.971 bits per heavy atom. The summed E-state index contributed by atoms with van der Waals surface area (Å²) in [5.74, 6) is -2.10. The molecular formula is C27H25BrN2O5. The molecule has 3 N–H and O–H groups in total. The Morgan fingerprint density at radius 3 is 2.17 bits per heavy atom. The summed E-state index contributed by atoms with van der Waals surface area (Å²) in [5, 5.41) is 14.7. The highest BCUT2D eigenvalue weighted by Crippen LogP contribution is 2.44. The number of carbonyl (C=O) groups excluding carboxylic acids is 2. The van der Waals surface area contributed by atoms with Gasteiger partial charge in [-0.2, -0.15) is 0 Å². The van der Waals surface area contributed by atoms with Crippen molar-refractivity contribution in [1.29, 1.82) is 0 Å². The van der Waals surface area contributed by atoms with Gasteiger partial charge in [0.1, 0.15) is 6.61 Å². The van der Waals surface area contributed by atoms with Gasteiger partial charge in [-0.3, -0.25) is 4.79 Å².